The molecule has 1 heterocycles. The lowest BCUT2D eigenvalue weighted by molar-refractivity contribution is 0.0520. The topological polar surface area (TPSA) is 85.5 Å². The zero-order valence-corrected chi connectivity index (χ0v) is 12.2. The number of carbonyl (C=O) groups excluding carboxylic acids is 1. The van der Waals surface area contributed by atoms with Crippen LogP contribution in [0, 0.1) is 6.92 Å². The lowest BCUT2D eigenvalue weighted by Gasteiger charge is -2.07. The van der Waals surface area contributed by atoms with Gasteiger partial charge in [0.05, 0.1) is 18.4 Å². The standard InChI is InChI=1S/C13H15NO5S/c1-4-18-13(15)10-7-9-6-5-8(2)12(11(9)14-10)19-20(3,16)17/h5-7,14H,4H2,1-3H3. The molecule has 0 saturated carbocycles. The lowest BCUT2D eigenvalue weighted by Crippen LogP contribution is -2.07. The number of H-pyrrole nitrogens is 1. The van der Waals surface area contributed by atoms with Gasteiger partial charge in [0.25, 0.3) is 0 Å². The van der Waals surface area contributed by atoms with E-state index in [2.05, 4.69) is 4.98 Å². The zero-order valence-electron chi connectivity index (χ0n) is 11.4. The summed E-state index contributed by atoms with van der Waals surface area (Å²) in [4.78, 5) is 14.5. The summed E-state index contributed by atoms with van der Waals surface area (Å²) in [6, 6.07) is 5.10. The highest BCUT2D eigenvalue weighted by atomic mass is 32.2. The number of nitrogens with one attached hydrogen (secondary N) is 1. The normalized spacial score (nSPS) is 11.6. The van der Waals surface area contributed by atoms with Gasteiger partial charge in [0.2, 0.25) is 0 Å². The van der Waals surface area contributed by atoms with Gasteiger partial charge in [-0.1, -0.05) is 12.1 Å². The van der Waals surface area contributed by atoms with Crippen molar-refractivity contribution < 1.29 is 22.1 Å². The monoisotopic (exact) mass is 297 g/mol. The fraction of sp³-hybridized carbons (Fsp3) is 0.308. The highest BCUT2D eigenvalue weighted by Gasteiger charge is 2.17. The van der Waals surface area contributed by atoms with Crippen LogP contribution in [0.2, 0.25) is 0 Å². The molecule has 2 rings (SSSR count). The maximum atomic E-state index is 11.7. The van der Waals surface area contributed by atoms with E-state index in [-0.39, 0.29) is 18.1 Å². The molecule has 20 heavy (non-hydrogen) atoms. The van der Waals surface area contributed by atoms with Crippen molar-refractivity contribution in [3.05, 3.63) is 29.5 Å². The lowest BCUT2D eigenvalue weighted by atomic mass is 10.1. The minimum atomic E-state index is -3.65. The van der Waals surface area contributed by atoms with Gasteiger partial charge in [-0.2, -0.15) is 8.42 Å². The molecule has 0 aliphatic carbocycles. The Bertz CT molecular complexity index is 760. The Morgan fingerprint density at radius 2 is 2.05 bits per heavy atom. The van der Waals surface area contributed by atoms with Crippen LogP contribution in [0.4, 0.5) is 0 Å². The molecule has 1 aromatic carbocycles. The highest BCUT2D eigenvalue weighted by molar-refractivity contribution is 7.86. The Morgan fingerprint density at radius 1 is 1.35 bits per heavy atom. The van der Waals surface area contributed by atoms with Gasteiger partial charge >= 0.3 is 16.1 Å². The van der Waals surface area contributed by atoms with Gasteiger partial charge in [-0.25, -0.2) is 4.79 Å². The number of carbonyl (C=O) groups is 1. The Kier molecular flexibility index (Phi) is 3.71. The van der Waals surface area contributed by atoms with Gasteiger partial charge in [-0.3, -0.25) is 0 Å². The summed E-state index contributed by atoms with van der Waals surface area (Å²) in [5, 5.41) is 0.678. The van der Waals surface area contributed by atoms with Gasteiger partial charge in [-0.15, -0.1) is 0 Å². The van der Waals surface area contributed by atoms with Crippen molar-refractivity contribution in [1.82, 2.24) is 4.98 Å². The first kappa shape index (κ1) is 14.4. The molecule has 1 aromatic heterocycles. The molecule has 0 amide bonds. The van der Waals surface area contributed by atoms with E-state index in [1.165, 1.54) is 0 Å². The van der Waals surface area contributed by atoms with Crippen LogP contribution in [0.15, 0.2) is 18.2 Å². The highest BCUT2D eigenvalue weighted by Crippen LogP contribution is 2.30. The first-order chi connectivity index (χ1) is 9.31. The van der Waals surface area contributed by atoms with Crippen molar-refractivity contribution in [2.24, 2.45) is 0 Å². The number of aromatic nitrogens is 1. The average Bonchev–Trinajstić information content (AvgIpc) is 2.76. The predicted molar refractivity (Wildman–Crippen MR) is 74.5 cm³/mol. The summed E-state index contributed by atoms with van der Waals surface area (Å²) in [5.41, 5.74) is 1.37. The molecule has 0 saturated heterocycles. The summed E-state index contributed by atoms with van der Waals surface area (Å²) in [5.74, 6) is -0.299. The first-order valence-electron chi connectivity index (χ1n) is 6.00. The zero-order chi connectivity index (χ0) is 14.9. The molecule has 1 N–H and O–H groups in total. The molecule has 0 aliphatic heterocycles. The average molecular weight is 297 g/mol. The van der Waals surface area contributed by atoms with Crippen LogP contribution in [0.5, 0.6) is 5.75 Å². The molecule has 6 nitrogen and oxygen atoms in total. The molecule has 0 unspecified atom stereocenters. The molecule has 0 fully saturated rings. The Balaban J connectivity index is 2.57. The van der Waals surface area contributed by atoms with E-state index < -0.39 is 16.1 Å². The third kappa shape index (κ3) is 2.93. The van der Waals surface area contributed by atoms with Crippen LogP contribution in [0.1, 0.15) is 23.0 Å². The van der Waals surface area contributed by atoms with E-state index in [4.69, 9.17) is 8.92 Å². The molecule has 0 radical (unpaired) electrons. The van der Waals surface area contributed by atoms with Crippen molar-refractivity contribution in [1.29, 1.82) is 0 Å². The van der Waals surface area contributed by atoms with E-state index >= 15 is 0 Å². The van der Waals surface area contributed by atoms with E-state index in [1.54, 1.807) is 32.0 Å². The molecule has 2 aromatic rings. The fourth-order valence-electron chi connectivity index (χ4n) is 1.86. The summed E-state index contributed by atoms with van der Waals surface area (Å²) >= 11 is 0. The van der Waals surface area contributed by atoms with Crippen molar-refractivity contribution in [2.45, 2.75) is 13.8 Å². The van der Waals surface area contributed by atoms with Crippen molar-refractivity contribution in [3.63, 3.8) is 0 Å². The third-order valence-electron chi connectivity index (χ3n) is 2.68. The summed E-state index contributed by atoms with van der Waals surface area (Å²) in [6.45, 7) is 3.70. The number of aryl methyl sites for hydroxylation is 1. The fourth-order valence-corrected chi connectivity index (χ4v) is 2.37. The van der Waals surface area contributed by atoms with Crippen LogP contribution in [0.3, 0.4) is 0 Å². The minimum Gasteiger partial charge on any atom is -0.461 e. The third-order valence-corrected chi connectivity index (χ3v) is 3.15. The van der Waals surface area contributed by atoms with E-state index in [1.807, 2.05) is 0 Å². The molecule has 0 atom stereocenters. The number of rotatable bonds is 4. The maximum absolute atomic E-state index is 11.7. The largest absolute Gasteiger partial charge is 0.461 e. The molecular weight excluding hydrogens is 282 g/mol. The van der Waals surface area contributed by atoms with Crippen molar-refractivity contribution in [3.8, 4) is 5.75 Å². The number of esters is 1. The molecule has 0 bridgehead atoms. The van der Waals surface area contributed by atoms with E-state index in [0.717, 1.165) is 6.26 Å². The van der Waals surface area contributed by atoms with E-state index in [0.29, 0.717) is 16.5 Å². The second kappa shape index (κ2) is 5.16. The van der Waals surface area contributed by atoms with Gasteiger partial charge in [0.15, 0.2) is 5.75 Å². The summed E-state index contributed by atoms with van der Waals surface area (Å²) in [6.07, 6.45) is 0.973. The number of hydrogen-bond donors (Lipinski definition) is 1. The van der Waals surface area contributed by atoms with Crippen LogP contribution in [0.25, 0.3) is 10.9 Å². The second-order valence-electron chi connectivity index (χ2n) is 4.37. The number of hydrogen-bond acceptors (Lipinski definition) is 5. The first-order valence-corrected chi connectivity index (χ1v) is 7.82. The van der Waals surface area contributed by atoms with E-state index in [9.17, 15) is 13.2 Å². The minimum absolute atomic E-state index is 0.195. The number of fused-ring (bicyclic) bond motifs is 1. The second-order valence-corrected chi connectivity index (χ2v) is 5.94. The summed E-state index contributed by atoms with van der Waals surface area (Å²) < 4.78 is 32.5. The van der Waals surface area contributed by atoms with Crippen LogP contribution in [-0.4, -0.2) is 32.2 Å². The Labute approximate surface area is 116 Å². The Hall–Kier alpha value is -2.02. The predicted octanol–water partition coefficient (Wildman–Crippen LogP) is 1.99. The van der Waals surface area contributed by atoms with Crippen LogP contribution in [-0.2, 0) is 14.9 Å². The molecular formula is C13H15NO5S. The van der Waals surface area contributed by atoms with Gasteiger partial charge in [0, 0.05) is 5.39 Å². The van der Waals surface area contributed by atoms with Crippen LogP contribution < -0.4 is 4.18 Å². The Morgan fingerprint density at radius 3 is 2.65 bits per heavy atom. The number of ether oxygens (including phenoxy) is 1. The number of benzene rings is 1. The van der Waals surface area contributed by atoms with Crippen molar-refractivity contribution in [2.75, 3.05) is 12.9 Å². The van der Waals surface area contributed by atoms with Gasteiger partial charge in [-0.05, 0) is 25.5 Å². The van der Waals surface area contributed by atoms with Crippen molar-refractivity contribution >= 4 is 27.0 Å². The molecule has 0 aliphatic rings. The van der Waals surface area contributed by atoms with Gasteiger partial charge in [0.1, 0.15) is 5.69 Å². The van der Waals surface area contributed by atoms with Crippen LogP contribution >= 0.6 is 0 Å². The molecule has 108 valence electrons. The smallest absolute Gasteiger partial charge is 0.354 e. The molecule has 0 spiro atoms. The summed E-state index contributed by atoms with van der Waals surface area (Å²) in [7, 11) is -3.65. The number of aromatic amines is 1. The maximum Gasteiger partial charge on any atom is 0.354 e. The quantitative estimate of drug-likeness (QED) is 0.689. The molecule has 7 heteroatoms. The van der Waals surface area contributed by atoms with Gasteiger partial charge < -0.3 is 13.9 Å². The SMILES string of the molecule is CCOC(=O)c1cc2ccc(C)c(OS(C)(=O)=O)c2[nH]1.